The zero-order chi connectivity index (χ0) is 56.2. The van der Waals surface area contributed by atoms with Crippen molar-refractivity contribution >= 4 is 11.9 Å². The molecule has 450 valence electrons. The Bertz CT molecular complexity index is 1550. The maximum absolute atomic E-state index is 13.2. The highest BCUT2D eigenvalue weighted by Crippen LogP contribution is 2.31. The summed E-state index contributed by atoms with van der Waals surface area (Å²) >= 11 is 0. The minimum absolute atomic E-state index is 0.100. The van der Waals surface area contributed by atoms with Gasteiger partial charge in [-0.2, -0.15) is 0 Å². The van der Waals surface area contributed by atoms with Crippen LogP contribution >= 0.6 is 0 Å². The van der Waals surface area contributed by atoms with Gasteiger partial charge in [0.1, 0.15) is 79.9 Å². The van der Waals surface area contributed by atoms with Crippen LogP contribution in [-0.4, -0.2) is 194 Å². The lowest BCUT2D eigenvalue weighted by molar-refractivity contribution is -0.373. The molecule has 0 spiro atoms. The maximum Gasteiger partial charge on any atom is 0.306 e. The first-order chi connectivity index (χ1) is 37.3. The van der Waals surface area contributed by atoms with Crippen molar-refractivity contribution in [2.45, 2.75) is 292 Å². The van der Waals surface area contributed by atoms with E-state index in [0.29, 0.717) is 12.8 Å². The molecule has 0 saturated carbocycles. The quantitative estimate of drug-likeness (QED) is 0.0219. The average Bonchev–Trinajstić information content (AvgIpc) is 3.42. The van der Waals surface area contributed by atoms with Crippen LogP contribution in [0.3, 0.4) is 0 Å². The number of aliphatic hydroxyl groups is 10. The molecule has 0 aromatic carbocycles. The van der Waals surface area contributed by atoms with Crippen LogP contribution in [0.25, 0.3) is 0 Å². The van der Waals surface area contributed by atoms with Crippen LogP contribution in [0.2, 0.25) is 0 Å². The fourth-order valence-corrected chi connectivity index (χ4v) is 9.59. The summed E-state index contributed by atoms with van der Waals surface area (Å²) < 4.78 is 45.6. The summed E-state index contributed by atoms with van der Waals surface area (Å²) in [5.74, 6) is -1.06. The molecule has 0 radical (unpaired) electrons. The van der Waals surface area contributed by atoms with Crippen LogP contribution in [0.4, 0.5) is 0 Å². The second kappa shape index (κ2) is 41.7. The van der Waals surface area contributed by atoms with Gasteiger partial charge < -0.3 is 89.0 Å². The van der Waals surface area contributed by atoms with Crippen molar-refractivity contribution in [3.05, 3.63) is 24.3 Å². The summed E-state index contributed by atoms with van der Waals surface area (Å²) in [5.41, 5.74) is 0. The summed E-state index contributed by atoms with van der Waals surface area (Å²) in [6, 6.07) is 0. The van der Waals surface area contributed by atoms with E-state index in [0.717, 1.165) is 64.2 Å². The molecule has 3 rings (SSSR count). The fraction of sp³-hybridized carbons (Fsp3) is 0.895. The summed E-state index contributed by atoms with van der Waals surface area (Å²) in [5, 5.41) is 105. The van der Waals surface area contributed by atoms with Gasteiger partial charge in [0.2, 0.25) is 0 Å². The lowest BCUT2D eigenvalue weighted by Gasteiger charge is -2.46. The molecule has 0 bridgehead atoms. The average molecular weight is 1110 g/mol. The first-order valence-electron chi connectivity index (χ1n) is 29.4. The molecule has 3 saturated heterocycles. The smallest absolute Gasteiger partial charge is 0.306 e. The van der Waals surface area contributed by atoms with Crippen LogP contribution in [0.1, 0.15) is 194 Å². The van der Waals surface area contributed by atoms with Crippen LogP contribution in [0, 0.1) is 0 Å². The van der Waals surface area contributed by atoms with Gasteiger partial charge in [-0.15, -0.1) is 0 Å². The van der Waals surface area contributed by atoms with Gasteiger partial charge in [-0.1, -0.05) is 160 Å². The predicted molar refractivity (Wildman–Crippen MR) is 285 cm³/mol. The molecule has 3 aliphatic heterocycles. The van der Waals surface area contributed by atoms with Gasteiger partial charge in [0.15, 0.2) is 25.0 Å². The molecule has 10 N–H and O–H groups in total. The molecule has 0 amide bonds. The largest absolute Gasteiger partial charge is 0.462 e. The molecule has 3 fully saturated rings. The number of ether oxygens (including phenoxy) is 8. The van der Waals surface area contributed by atoms with Crippen LogP contribution < -0.4 is 0 Å². The van der Waals surface area contributed by atoms with E-state index < -0.39 is 137 Å². The predicted octanol–water partition coefficient (Wildman–Crippen LogP) is 4.98. The monoisotopic (exact) mass is 1110 g/mol. The van der Waals surface area contributed by atoms with Gasteiger partial charge in [0.25, 0.3) is 0 Å². The van der Waals surface area contributed by atoms with Crippen molar-refractivity contribution in [1.29, 1.82) is 0 Å². The number of hydrogen-bond acceptors (Lipinski definition) is 20. The molecular weight excluding hydrogens is 1000 g/mol. The molecule has 3 heterocycles. The Morgan fingerprint density at radius 3 is 1.40 bits per heavy atom. The number of hydrogen-bond donors (Lipinski definition) is 10. The summed E-state index contributed by atoms with van der Waals surface area (Å²) in [4.78, 5) is 26.2. The minimum atomic E-state index is -1.99. The molecule has 6 unspecified atom stereocenters. The van der Waals surface area contributed by atoms with Gasteiger partial charge in [-0.25, -0.2) is 0 Å². The number of rotatable bonds is 43. The van der Waals surface area contributed by atoms with E-state index >= 15 is 0 Å². The lowest BCUT2D eigenvalue weighted by Crippen LogP contribution is -2.65. The molecule has 20 nitrogen and oxygen atoms in total. The van der Waals surface area contributed by atoms with E-state index in [1.165, 1.54) is 89.9 Å². The van der Waals surface area contributed by atoms with Gasteiger partial charge in [0.05, 0.1) is 26.4 Å². The lowest BCUT2D eigenvalue weighted by atomic mass is 9.97. The first-order valence-corrected chi connectivity index (χ1v) is 29.4. The standard InChI is InChI=1S/C57H102O20/c1-3-5-7-9-11-13-15-17-19-21-23-25-27-29-31-33-44(60)70-37-40(73-45(61)34-32-30-28-26-24-22-20-18-16-14-12-10-8-6-4-2)38-71-57-54(51(67)47(63)42(36-59)75-57)77-56-53(69)50(66)48(64)43(76-56)39-72-55-52(68)49(65)46(62)41(35-58)74-55/h13,15,19,21,40-43,46-59,62-69H,3-12,14,16-18,20,22-39H2,1-2H3/b15-13-,21-19-/t40-,41?,42?,43?,46?,47-,48+,49+,50?,51+,52-,53-,54?,55+,56-,57-/m1/s1. The molecular formula is C57H102O20. The third kappa shape index (κ3) is 26.9. The second-order valence-electron chi connectivity index (χ2n) is 21.2. The number of carbonyl (C=O) groups excluding carboxylic acids is 2. The van der Waals surface area contributed by atoms with Crippen molar-refractivity contribution in [1.82, 2.24) is 0 Å². The van der Waals surface area contributed by atoms with Gasteiger partial charge in [-0.3, -0.25) is 9.59 Å². The number of unbranched alkanes of at least 4 members (excludes halogenated alkanes) is 22. The Hall–Kier alpha value is -2.22. The van der Waals surface area contributed by atoms with Crippen molar-refractivity contribution in [3.63, 3.8) is 0 Å². The summed E-state index contributed by atoms with van der Waals surface area (Å²) in [6.45, 7) is 1.37. The van der Waals surface area contributed by atoms with Gasteiger partial charge in [-0.05, 0) is 44.9 Å². The van der Waals surface area contributed by atoms with Gasteiger partial charge in [0, 0.05) is 12.8 Å². The van der Waals surface area contributed by atoms with E-state index in [9.17, 15) is 60.7 Å². The van der Waals surface area contributed by atoms with Crippen LogP contribution in [0.15, 0.2) is 24.3 Å². The van der Waals surface area contributed by atoms with E-state index in [-0.39, 0.29) is 19.4 Å². The fourth-order valence-electron chi connectivity index (χ4n) is 9.59. The van der Waals surface area contributed by atoms with Crippen molar-refractivity contribution in [2.24, 2.45) is 0 Å². The third-order valence-electron chi connectivity index (χ3n) is 14.5. The topological polar surface area (TPSA) is 310 Å². The first kappa shape index (κ1) is 69.1. The Morgan fingerprint density at radius 2 is 0.870 bits per heavy atom. The molecule has 0 aromatic rings. The zero-order valence-electron chi connectivity index (χ0n) is 46.4. The zero-order valence-corrected chi connectivity index (χ0v) is 46.4. The molecule has 20 heteroatoms. The highest BCUT2D eigenvalue weighted by Gasteiger charge is 2.52. The van der Waals surface area contributed by atoms with Crippen molar-refractivity contribution < 1.29 is 98.5 Å². The Labute approximate surface area is 458 Å². The highest BCUT2D eigenvalue weighted by atomic mass is 16.8. The van der Waals surface area contributed by atoms with Crippen LogP contribution in [0.5, 0.6) is 0 Å². The molecule has 16 atom stereocenters. The normalized spacial score (nSPS) is 30.3. The van der Waals surface area contributed by atoms with E-state index in [1.807, 2.05) is 0 Å². The second-order valence-corrected chi connectivity index (χ2v) is 21.2. The van der Waals surface area contributed by atoms with Crippen molar-refractivity contribution in [2.75, 3.05) is 33.0 Å². The van der Waals surface area contributed by atoms with E-state index in [1.54, 1.807) is 0 Å². The Kier molecular flexibility index (Phi) is 37.4. The molecule has 3 aliphatic rings. The van der Waals surface area contributed by atoms with Gasteiger partial charge >= 0.3 is 11.9 Å². The van der Waals surface area contributed by atoms with E-state index in [4.69, 9.17) is 37.9 Å². The Balaban J connectivity index is 1.57. The van der Waals surface area contributed by atoms with Crippen LogP contribution in [-0.2, 0) is 47.5 Å². The van der Waals surface area contributed by atoms with Crippen molar-refractivity contribution in [3.8, 4) is 0 Å². The number of aliphatic hydroxyl groups excluding tert-OH is 10. The number of allylic oxidation sites excluding steroid dienone is 4. The highest BCUT2D eigenvalue weighted by molar-refractivity contribution is 5.70. The molecule has 0 aliphatic carbocycles. The van der Waals surface area contributed by atoms with E-state index in [2.05, 4.69) is 38.2 Å². The summed E-state index contributed by atoms with van der Waals surface area (Å²) in [6.07, 6.45) is 10.9. The SMILES string of the molecule is CCCCCC/C=C\C/C=C\CCCCCCC(=O)OC[C@H](CO[C@@H]1OC(CO)[C@@H](O)[C@H](O)C1O[C@H]1OC(CO[C@H]2OC(CO)C(O)[C@H](O)[C@H]2O)[C@H](O)C(O)[C@H]1O)OC(=O)CCCCCCCCCCCCCCCCC. The third-order valence-corrected chi connectivity index (χ3v) is 14.5. The maximum atomic E-state index is 13.2. The summed E-state index contributed by atoms with van der Waals surface area (Å²) in [7, 11) is 0. The minimum Gasteiger partial charge on any atom is -0.462 e. The number of carbonyl (C=O) groups is 2. The Morgan fingerprint density at radius 1 is 0.442 bits per heavy atom. The molecule has 77 heavy (non-hydrogen) atoms. The molecule has 0 aromatic heterocycles. The number of esters is 2.